The van der Waals surface area contributed by atoms with Gasteiger partial charge in [0.2, 0.25) is 5.91 Å². The van der Waals surface area contributed by atoms with Crippen LogP contribution in [0.5, 0.6) is 0 Å². The van der Waals surface area contributed by atoms with Crippen LogP contribution in [0.1, 0.15) is 36.3 Å². The van der Waals surface area contributed by atoms with Crippen molar-refractivity contribution in [3.05, 3.63) is 59.1 Å². The molecule has 1 aliphatic rings. The summed E-state index contributed by atoms with van der Waals surface area (Å²) in [7, 11) is 0. The summed E-state index contributed by atoms with van der Waals surface area (Å²) in [4.78, 5) is 19.8. The monoisotopic (exact) mass is 390 g/mol. The van der Waals surface area contributed by atoms with Crippen LogP contribution >= 0.6 is 11.3 Å². The van der Waals surface area contributed by atoms with E-state index in [1.54, 1.807) is 29.5 Å². The Labute approximate surface area is 168 Å². The zero-order valence-corrected chi connectivity index (χ0v) is 16.6. The highest BCUT2D eigenvalue weighted by Crippen LogP contribution is 2.33. The fraction of sp³-hybridized carbons (Fsp3) is 0.318. The van der Waals surface area contributed by atoms with E-state index < -0.39 is 0 Å². The van der Waals surface area contributed by atoms with Crippen LogP contribution in [-0.2, 0) is 4.79 Å². The molecule has 5 nitrogen and oxygen atoms in total. The summed E-state index contributed by atoms with van der Waals surface area (Å²) in [6.45, 7) is 3.66. The van der Waals surface area contributed by atoms with E-state index in [1.165, 1.54) is 4.70 Å². The van der Waals surface area contributed by atoms with Crippen molar-refractivity contribution in [1.29, 1.82) is 5.26 Å². The van der Waals surface area contributed by atoms with E-state index in [0.29, 0.717) is 17.2 Å². The molecule has 0 radical (unpaired) electrons. The van der Waals surface area contributed by atoms with Gasteiger partial charge in [-0.25, -0.2) is 4.98 Å². The highest BCUT2D eigenvalue weighted by molar-refractivity contribution is 7.18. The summed E-state index contributed by atoms with van der Waals surface area (Å²) < 4.78 is 1.22. The summed E-state index contributed by atoms with van der Waals surface area (Å²) in [6.07, 6.45) is 2.15. The molecule has 1 fully saturated rings. The first kappa shape index (κ1) is 18.6. The van der Waals surface area contributed by atoms with Gasteiger partial charge in [0.15, 0.2) is 0 Å². The zero-order chi connectivity index (χ0) is 19.5. The number of para-hydroxylation sites is 2. The zero-order valence-electron chi connectivity index (χ0n) is 15.8. The maximum atomic E-state index is 12.8. The van der Waals surface area contributed by atoms with E-state index in [9.17, 15) is 10.1 Å². The number of hydrogen-bond donors (Lipinski definition) is 1. The minimum absolute atomic E-state index is 0.0763. The Balaban J connectivity index is 1.46. The van der Waals surface area contributed by atoms with Crippen LogP contribution in [0.15, 0.2) is 48.5 Å². The Morgan fingerprint density at radius 3 is 2.89 bits per heavy atom. The first-order valence-electron chi connectivity index (χ1n) is 9.55. The minimum Gasteiger partial charge on any atom is -0.324 e. The average Bonchev–Trinajstić information content (AvgIpc) is 3.18. The maximum absolute atomic E-state index is 12.8. The Morgan fingerprint density at radius 1 is 1.29 bits per heavy atom. The van der Waals surface area contributed by atoms with Crippen molar-refractivity contribution in [2.24, 2.45) is 0 Å². The molecule has 1 N–H and O–H groups in total. The molecule has 1 aromatic heterocycles. The summed E-state index contributed by atoms with van der Waals surface area (Å²) in [5.74, 6) is 0.278. The number of likely N-dealkylation sites (tertiary alicyclic amines) is 1. The van der Waals surface area contributed by atoms with E-state index in [1.807, 2.05) is 25.1 Å². The molecule has 28 heavy (non-hydrogen) atoms. The Hall–Kier alpha value is -2.75. The van der Waals surface area contributed by atoms with Crippen molar-refractivity contribution in [3.63, 3.8) is 0 Å². The smallest absolute Gasteiger partial charge is 0.241 e. The second-order valence-corrected chi connectivity index (χ2v) is 8.24. The van der Waals surface area contributed by atoms with Crippen LogP contribution in [0, 0.1) is 11.3 Å². The summed E-state index contributed by atoms with van der Waals surface area (Å²) in [6, 6.07) is 17.2. The number of carbonyl (C=O) groups is 1. The van der Waals surface area contributed by atoms with Gasteiger partial charge in [0, 0.05) is 12.5 Å². The molecule has 2 atom stereocenters. The second kappa shape index (κ2) is 8.09. The standard InChI is InChI=1S/C22H22N4OS/c1-15(21(27)24-18-9-3-2-7-16(18)13-23)26-12-6-8-17(14-26)22-25-19-10-4-5-11-20(19)28-22/h2-5,7,9-11,15,17H,6,8,12,14H2,1H3,(H,24,27)/t15-,17-/m0/s1. The number of anilines is 1. The number of hydrogen-bond acceptors (Lipinski definition) is 5. The lowest BCUT2D eigenvalue weighted by molar-refractivity contribution is -0.121. The van der Waals surface area contributed by atoms with Crippen LogP contribution in [0.2, 0.25) is 0 Å². The molecule has 4 rings (SSSR count). The molecule has 0 spiro atoms. The SMILES string of the molecule is C[C@@H](C(=O)Nc1ccccc1C#N)N1CCC[C@H](c2nc3ccccc3s2)C1. The first-order chi connectivity index (χ1) is 13.7. The van der Waals surface area contributed by atoms with Crippen molar-refractivity contribution in [2.45, 2.75) is 31.7 Å². The minimum atomic E-state index is -0.260. The van der Waals surface area contributed by atoms with Crippen molar-refractivity contribution in [1.82, 2.24) is 9.88 Å². The van der Waals surface area contributed by atoms with Gasteiger partial charge in [0.25, 0.3) is 0 Å². The van der Waals surface area contributed by atoms with Gasteiger partial charge in [-0.1, -0.05) is 24.3 Å². The summed E-state index contributed by atoms with van der Waals surface area (Å²) in [5.41, 5.74) is 2.11. The highest BCUT2D eigenvalue weighted by atomic mass is 32.1. The van der Waals surface area contributed by atoms with Gasteiger partial charge in [-0.05, 0) is 50.6 Å². The van der Waals surface area contributed by atoms with Gasteiger partial charge in [-0.15, -0.1) is 11.3 Å². The van der Waals surface area contributed by atoms with Gasteiger partial charge in [0.05, 0.1) is 32.5 Å². The molecular formula is C22H22N4OS. The fourth-order valence-corrected chi connectivity index (χ4v) is 4.81. The van der Waals surface area contributed by atoms with Crippen LogP contribution in [-0.4, -0.2) is 34.9 Å². The van der Waals surface area contributed by atoms with E-state index in [-0.39, 0.29) is 11.9 Å². The maximum Gasteiger partial charge on any atom is 0.241 e. The average molecular weight is 391 g/mol. The number of nitrogens with zero attached hydrogens (tertiary/aromatic N) is 3. The molecule has 0 bridgehead atoms. The highest BCUT2D eigenvalue weighted by Gasteiger charge is 2.30. The number of thiazole rings is 1. The third kappa shape index (κ3) is 3.77. The van der Waals surface area contributed by atoms with Crippen LogP contribution in [0.4, 0.5) is 5.69 Å². The van der Waals surface area contributed by atoms with E-state index >= 15 is 0 Å². The normalized spacial score (nSPS) is 18.5. The van der Waals surface area contributed by atoms with Crippen molar-refractivity contribution < 1.29 is 4.79 Å². The number of nitriles is 1. The Morgan fingerprint density at radius 2 is 2.07 bits per heavy atom. The Bertz CT molecular complexity index is 1010. The first-order valence-corrected chi connectivity index (χ1v) is 10.4. The third-order valence-corrected chi connectivity index (χ3v) is 6.54. The molecule has 0 aliphatic carbocycles. The lowest BCUT2D eigenvalue weighted by atomic mass is 9.97. The molecule has 142 valence electrons. The predicted octanol–water partition coefficient (Wildman–Crippen LogP) is 4.37. The molecule has 1 amide bonds. The van der Waals surface area contributed by atoms with Gasteiger partial charge >= 0.3 is 0 Å². The number of piperidine rings is 1. The quantitative estimate of drug-likeness (QED) is 0.718. The van der Waals surface area contributed by atoms with Crippen molar-refractivity contribution in [2.75, 3.05) is 18.4 Å². The van der Waals surface area contributed by atoms with Crippen LogP contribution in [0.3, 0.4) is 0 Å². The Kier molecular flexibility index (Phi) is 5.38. The molecule has 1 aliphatic heterocycles. The summed E-state index contributed by atoms with van der Waals surface area (Å²) >= 11 is 1.76. The number of fused-ring (bicyclic) bond motifs is 1. The van der Waals surface area contributed by atoms with E-state index in [0.717, 1.165) is 36.5 Å². The predicted molar refractivity (Wildman–Crippen MR) is 112 cm³/mol. The van der Waals surface area contributed by atoms with Crippen LogP contribution < -0.4 is 5.32 Å². The third-order valence-electron chi connectivity index (χ3n) is 5.35. The number of rotatable bonds is 4. The molecule has 6 heteroatoms. The topological polar surface area (TPSA) is 69.0 Å². The van der Waals surface area contributed by atoms with Crippen molar-refractivity contribution in [3.8, 4) is 6.07 Å². The van der Waals surface area contributed by atoms with Gasteiger partial charge < -0.3 is 5.32 Å². The van der Waals surface area contributed by atoms with E-state index in [2.05, 4.69) is 28.4 Å². The van der Waals surface area contributed by atoms with Gasteiger partial charge in [0.1, 0.15) is 6.07 Å². The largest absolute Gasteiger partial charge is 0.324 e. The lowest BCUT2D eigenvalue weighted by Crippen LogP contribution is -2.46. The number of aromatic nitrogens is 1. The van der Waals surface area contributed by atoms with E-state index in [4.69, 9.17) is 4.98 Å². The molecule has 3 aromatic rings. The second-order valence-electron chi connectivity index (χ2n) is 7.18. The number of amides is 1. The molecule has 2 aromatic carbocycles. The fourth-order valence-electron chi connectivity index (χ4n) is 3.72. The summed E-state index contributed by atoms with van der Waals surface area (Å²) in [5, 5.41) is 13.3. The number of nitrogens with one attached hydrogen (secondary N) is 1. The van der Waals surface area contributed by atoms with Gasteiger partial charge in [-0.3, -0.25) is 9.69 Å². The lowest BCUT2D eigenvalue weighted by Gasteiger charge is -2.35. The molecule has 0 saturated carbocycles. The molecule has 2 heterocycles. The number of benzene rings is 2. The molecule has 0 unspecified atom stereocenters. The van der Waals surface area contributed by atoms with Crippen LogP contribution in [0.25, 0.3) is 10.2 Å². The van der Waals surface area contributed by atoms with Gasteiger partial charge in [-0.2, -0.15) is 5.26 Å². The van der Waals surface area contributed by atoms with Crippen molar-refractivity contribution >= 4 is 33.1 Å². The number of carbonyl (C=O) groups excluding carboxylic acids is 1. The molecular weight excluding hydrogens is 368 g/mol. The molecule has 1 saturated heterocycles.